The summed E-state index contributed by atoms with van der Waals surface area (Å²) in [6.07, 6.45) is 1.28. The summed E-state index contributed by atoms with van der Waals surface area (Å²) in [7, 11) is 0. The van der Waals surface area contributed by atoms with Crippen LogP contribution in [0.15, 0.2) is 76.8 Å². The van der Waals surface area contributed by atoms with Crippen LogP contribution in [-0.2, 0) is 16.0 Å². The Labute approximate surface area is 346 Å². The number of likely N-dealkylation sites (tertiary alicyclic amines) is 2. The number of β-amino-alcohol motifs (C(OH)–C–C–N with tert-alkyl or cyclic N) is 1. The van der Waals surface area contributed by atoms with Crippen molar-refractivity contribution in [2.75, 3.05) is 32.8 Å². The third-order valence-corrected chi connectivity index (χ3v) is 12.5. The first-order chi connectivity index (χ1) is 28.5. The van der Waals surface area contributed by atoms with Crippen LogP contribution in [0.5, 0.6) is 11.6 Å². The zero-order valence-electron chi connectivity index (χ0n) is 33.7. The highest BCUT2D eigenvalue weighted by Gasteiger charge is 2.43. The number of nitrogens with one attached hydrogen (secondary N) is 2. The van der Waals surface area contributed by atoms with E-state index in [4.69, 9.17) is 9.26 Å². The number of hydrogen-bond donors (Lipinski definition) is 4. The average Bonchev–Trinajstić information content (AvgIpc) is 4.02. The van der Waals surface area contributed by atoms with E-state index in [1.807, 2.05) is 75.7 Å². The number of hydrogen-bond acceptors (Lipinski definition) is 12. The molecule has 0 aliphatic carbocycles. The molecule has 2 aliphatic heterocycles. The molecular formula is C44H50N8O6S. The molecule has 8 rings (SSSR count). The molecule has 0 saturated carbocycles. The molecule has 0 radical (unpaired) electrons. The molecule has 2 fully saturated rings. The minimum absolute atomic E-state index is 0.0594. The van der Waals surface area contributed by atoms with Crippen LogP contribution in [0.1, 0.15) is 68.3 Å². The van der Waals surface area contributed by atoms with E-state index in [2.05, 4.69) is 41.6 Å². The van der Waals surface area contributed by atoms with Gasteiger partial charge in [0.1, 0.15) is 24.3 Å². The predicted molar refractivity (Wildman–Crippen MR) is 224 cm³/mol. The van der Waals surface area contributed by atoms with Gasteiger partial charge in [0.15, 0.2) is 11.4 Å². The van der Waals surface area contributed by atoms with Crippen molar-refractivity contribution in [1.29, 1.82) is 0 Å². The number of aliphatic hydroxyl groups is 1. The number of aromatic nitrogens is 5. The molecular weight excluding hydrogens is 769 g/mol. The lowest BCUT2D eigenvalue weighted by molar-refractivity contribution is -0.141. The average molecular weight is 819 g/mol. The maximum atomic E-state index is 14.1. The molecule has 2 aromatic carbocycles. The second-order valence-corrected chi connectivity index (χ2v) is 17.0. The number of ether oxygens (including phenoxy) is 1. The van der Waals surface area contributed by atoms with Gasteiger partial charge in [0.05, 0.1) is 33.9 Å². The number of carbonyl (C=O) groups is 2. The summed E-state index contributed by atoms with van der Waals surface area (Å²) in [6.45, 7) is 10.9. The van der Waals surface area contributed by atoms with Crippen LogP contribution in [0.25, 0.3) is 32.7 Å². The molecule has 6 aromatic rings. The number of para-hydroxylation sites is 1. The van der Waals surface area contributed by atoms with Crippen LogP contribution in [0.3, 0.4) is 0 Å². The smallest absolute Gasteiger partial charge is 0.254 e. The highest BCUT2D eigenvalue weighted by Crippen LogP contribution is 2.34. The van der Waals surface area contributed by atoms with Gasteiger partial charge in [-0.3, -0.25) is 14.5 Å². The molecule has 4 atom stereocenters. The van der Waals surface area contributed by atoms with Crippen molar-refractivity contribution < 1.29 is 29.1 Å². The predicted octanol–water partition coefficient (Wildman–Crippen LogP) is 6.27. The Morgan fingerprint density at radius 2 is 1.85 bits per heavy atom. The number of nitrogens with zero attached hydrogens (tertiary/aromatic N) is 6. The monoisotopic (exact) mass is 818 g/mol. The van der Waals surface area contributed by atoms with E-state index in [0.29, 0.717) is 35.4 Å². The van der Waals surface area contributed by atoms with Crippen molar-refractivity contribution in [3.8, 4) is 33.3 Å². The second-order valence-electron chi connectivity index (χ2n) is 16.2. The summed E-state index contributed by atoms with van der Waals surface area (Å²) in [5.74, 6) is -0.0456. The number of thiazole rings is 1. The number of aliphatic hydroxyl groups excluding tert-OH is 1. The molecule has 59 heavy (non-hydrogen) atoms. The zero-order valence-corrected chi connectivity index (χ0v) is 34.5. The molecule has 2 amide bonds. The molecule has 14 nitrogen and oxygen atoms in total. The van der Waals surface area contributed by atoms with Gasteiger partial charge in [-0.2, -0.15) is 0 Å². The number of benzene rings is 2. The van der Waals surface area contributed by atoms with Crippen molar-refractivity contribution in [1.82, 2.24) is 40.4 Å². The Hall–Kier alpha value is -5.64. The molecule has 2 aliphatic rings. The lowest BCUT2D eigenvalue weighted by Crippen LogP contribution is -2.48. The minimum atomic E-state index is -0.819. The fourth-order valence-electron chi connectivity index (χ4n) is 8.23. The number of amides is 2. The van der Waals surface area contributed by atoms with E-state index in [0.717, 1.165) is 70.9 Å². The van der Waals surface area contributed by atoms with Crippen molar-refractivity contribution >= 4 is 34.2 Å². The van der Waals surface area contributed by atoms with Crippen molar-refractivity contribution in [3.05, 3.63) is 95.0 Å². The lowest BCUT2D eigenvalue weighted by Gasteiger charge is -2.39. The van der Waals surface area contributed by atoms with E-state index in [9.17, 15) is 19.8 Å². The van der Waals surface area contributed by atoms with Crippen LogP contribution in [0.2, 0.25) is 0 Å². The molecule has 0 spiro atoms. The Kier molecular flexibility index (Phi) is 11.8. The summed E-state index contributed by atoms with van der Waals surface area (Å²) >= 11 is 1.59. The highest BCUT2D eigenvalue weighted by atomic mass is 32.1. The fraction of sp³-hybridized carbons (Fsp3) is 0.409. The SMILES string of the molecule is Cc1ncsc1-c1ccc([C@H](C)NC(=O)[C@@H]2C[C@@H](O)CN2C(=O)[C@@H](c2cc(OCCN3CC(CCc4cc5cc(-c6ccccc6O)nnc5[nH]4)C3)no2)C(C)C)cc1. The molecule has 0 unspecified atom stereocenters. The van der Waals surface area contributed by atoms with Gasteiger partial charge >= 0.3 is 0 Å². The van der Waals surface area contributed by atoms with E-state index < -0.39 is 18.1 Å². The van der Waals surface area contributed by atoms with E-state index in [1.54, 1.807) is 29.5 Å². The Morgan fingerprint density at radius 1 is 1.05 bits per heavy atom. The molecule has 4 N–H and O–H groups in total. The third kappa shape index (κ3) is 8.87. The van der Waals surface area contributed by atoms with Crippen LogP contribution >= 0.6 is 11.3 Å². The largest absolute Gasteiger partial charge is 0.507 e. The maximum absolute atomic E-state index is 14.1. The fourth-order valence-corrected chi connectivity index (χ4v) is 9.04. The lowest BCUT2D eigenvalue weighted by atomic mass is 9.91. The number of fused-ring (bicyclic) bond motifs is 1. The van der Waals surface area contributed by atoms with Gasteiger partial charge in [0.25, 0.3) is 5.88 Å². The number of aromatic amines is 1. The van der Waals surface area contributed by atoms with Crippen molar-refractivity contribution in [2.45, 2.75) is 71.1 Å². The topological polar surface area (TPSA) is 183 Å². The van der Waals surface area contributed by atoms with Gasteiger partial charge in [0, 0.05) is 55.3 Å². The van der Waals surface area contributed by atoms with Crippen LogP contribution in [0, 0.1) is 18.8 Å². The standard InChI is InChI=1S/C44H50N8O6S/c1-25(2)40(44(56)52-23-33(53)19-36(52)43(55)46-26(3)29-10-12-30(13-11-29)41-27(4)45-24-59-41)38-20-39(50-58-38)57-16-15-51-21-28(22-51)9-14-32-17-31-18-35(48-49-42(31)47-32)34-7-5-6-8-37(34)54/h5-8,10-13,17-18,20,24-26,28,33,36,40,53-54H,9,14-16,19,21-23H2,1-4H3,(H,46,55)(H,47,49)/t26-,33+,36-,40+/m0/s1. The molecule has 308 valence electrons. The van der Waals surface area contributed by atoms with Crippen LogP contribution in [-0.4, -0.2) is 102 Å². The number of aryl methyl sites for hydroxylation is 2. The summed E-state index contributed by atoms with van der Waals surface area (Å²) in [5, 5.41) is 37.7. The summed E-state index contributed by atoms with van der Waals surface area (Å²) in [6, 6.07) is 19.8. The maximum Gasteiger partial charge on any atom is 0.254 e. The number of H-pyrrole nitrogens is 1. The number of carbonyl (C=O) groups excluding carboxylic acids is 2. The first-order valence-corrected chi connectivity index (χ1v) is 21.1. The summed E-state index contributed by atoms with van der Waals surface area (Å²) < 4.78 is 11.6. The van der Waals surface area contributed by atoms with Gasteiger partial charge in [-0.1, -0.05) is 50.2 Å². The normalized spacial score (nSPS) is 18.3. The van der Waals surface area contributed by atoms with Crippen LogP contribution < -0.4 is 10.1 Å². The highest BCUT2D eigenvalue weighted by molar-refractivity contribution is 7.13. The zero-order chi connectivity index (χ0) is 41.2. The van der Waals surface area contributed by atoms with E-state index in [-0.39, 0.29) is 42.5 Å². The van der Waals surface area contributed by atoms with E-state index >= 15 is 0 Å². The number of aromatic hydroxyl groups is 1. The number of phenols is 1. The van der Waals surface area contributed by atoms with E-state index in [1.165, 1.54) is 4.90 Å². The summed E-state index contributed by atoms with van der Waals surface area (Å²) in [4.78, 5) is 40.4. The Morgan fingerprint density at radius 3 is 2.59 bits per heavy atom. The number of rotatable bonds is 15. The van der Waals surface area contributed by atoms with Gasteiger partial charge in [-0.15, -0.1) is 21.5 Å². The first kappa shape index (κ1) is 40.2. The minimum Gasteiger partial charge on any atom is -0.507 e. The van der Waals surface area contributed by atoms with Gasteiger partial charge in [-0.05, 0) is 79.1 Å². The second kappa shape index (κ2) is 17.3. The molecule has 4 aromatic heterocycles. The van der Waals surface area contributed by atoms with Crippen molar-refractivity contribution in [2.24, 2.45) is 11.8 Å². The molecule has 0 bridgehead atoms. The van der Waals surface area contributed by atoms with Crippen LogP contribution in [0.4, 0.5) is 0 Å². The first-order valence-electron chi connectivity index (χ1n) is 20.3. The number of phenolic OH excluding ortho intramolecular Hbond substituents is 1. The van der Waals surface area contributed by atoms with Gasteiger partial charge in [-0.25, -0.2) is 4.98 Å². The quantitative estimate of drug-likeness (QED) is 0.0916. The molecule has 15 heteroatoms. The van der Waals surface area contributed by atoms with Gasteiger partial charge < -0.3 is 34.7 Å². The van der Waals surface area contributed by atoms with Crippen molar-refractivity contribution in [3.63, 3.8) is 0 Å². The third-order valence-electron chi connectivity index (χ3n) is 11.5. The molecule has 2 saturated heterocycles. The Bertz CT molecular complexity index is 2400. The summed E-state index contributed by atoms with van der Waals surface area (Å²) in [5.41, 5.74) is 7.96. The van der Waals surface area contributed by atoms with Gasteiger partial charge in [0.2, 0.25) is 11.8 Å². The Balaban J connectivity index is 0.799. The molecule has 6 heterocycles.